The van der Waals surface area contributed by atoms with E-state index in [2.05, 4.69) is 240 Å². The molecule has 10 aromatic carbocycles. The molecule has 0 fully saturated rings. The Morgan fingerprint density at radius 3 is 1.48 bits per heavy atom. The van der Waals surface area contributed by atoms with Gasteiger partial charge in [0.1, 0.15) is 11.2 Å². The summed E-state index contributed by atoms with van der Waals surface area (Å²) in [6.45, 7) is 0. The molecule has 0 saturated heterocycles. The fourth-order valence-corrected chi connectivity index (χ4v) is 9.60. The number of benzene rings is 10. The van der Waals surface area contributed by atoms with Gasteiger partial charge in [-0.05, 0) is 94.0 Å². The summed E-state index contributed by atoms with van der Waals surface area (Å²) in [7, 11) is 0. The van der Waals surface area contributed by atoms with Gasteiger partial charge in [-0.1, -0.05) is 182 Å². The average Bonchev–Trinajstić information content (AvgIpc) is 3.91. The molecule has 12 rings (SSSR count). The van der Waals surface area contributed by atoms with Crippen molar-refractivity contribution in [2.75, 3.05) is 4.90 Å². The number of anilines is 3. The van der Waals surface area contributed by atoms with E-state index < -0.39 is 0 Å². The molecule has 0 atom stereocenters. The Balaban J connectivity index is 1.01. The molecule has 0 spiro atoms. The van der Waals surface area contributed by atoms with Crippen molar-refractivity contribution in [3.8, 4) is 50.2 Å². The Morgan fingerprint density at radius 1 is 0.302 bits per heavy atom. The summed E-state index contributed by atoms with van der Waals surface area (Å²) in [5.74, 6) is 0. The van der Waals surface area contributed by atoms with Gasteiger partial charge in [-0.3, -0.25) is 0 Å². The molecule has 0 saturated carbocycles. The molecule has 0 aliphatic carbocycles. The molecule has 0 N–H and O–H groups in total. The van der Waals surface area contributed by atoms with Crippen molar-refractivity contribution in [3.05, 3.63) is 243 Å². The average molecular weight is 805 g/mol. The lowest BCUT2D eigenvalue weighted by Crippen LogP contribution is -2.11. The Kier molecular flexibility index (Phi) is 8.83. The highest BCUT2D eigenvalue weighted by Crippen LogP contribution is 2.45. The zero-order valence-corrected chi connectivity index (χ0v) is 34.4. The van der Waals surface area contributed by atoms with E-state index in [1.807, 2.05) is 12.1 Å². The molecule has 3 nitrogen and oxygen atoms in total. The number of rotatable bonds is 8. The van der Waals surface area contributed by atoms with Gasteiger partial charge in [0.25, 0.3) is 0 Å². The van der Waals surface area contributed by atoms with E-state index in [1.54, 1.807) is 0 Å². The molecular weight excluding hydrogens is 765 g/mol. The first-order chi connectivity index (χ1) is 31.3. The van der Waals surface area contributed by atoms with Crippen molar-refractivity contribution in [2.24, 2.45) is 0 Å². The standard InChI is InChI=1S/C60H40N2O/c1-2-17-41(18-3-1)46-19-4-5-21-49(46)50-22-7-12-28-55(50)61(45-39-35-43(36-40-45)48-26-16-32-59-60(48)53-25-10-15-31-58(53)63-59)44-37-33-42(34-38-44)47-20-6-11-27-54(47)62-56-29-13-8-23-51(56)52-24-9-14-30-57(52)62/h1-40H. The van der Waals surface area contributed by atoms with E-state index in [0.717, 1.165) is 66.9 Å². The summed E-state index contributed by atoms with van der Waals surface area (Å²) < 4.78 is 8.70. The van der Waals surface area contributed by atoms with E-state index in [0.29, 0.717) is 0 Å². The fourth-order valence-electron chi connectivity index (χ4n) is 9.60. The van der Waals surface area contributed by atoms with Crippen LogP contribution in [0, 0.1) is 0 Å². The van der Waals surface area contributed by atoms with Crippen molar-refractivity contribution in [1.82, 2.24) is 4.57 Å². The molecule has 0 aliphatic rings. The number of hydrogen-bond acceptors (Lipinski definition) is 2. The van der Waals surface area contributed by atoms with Crippen molar-refractivity contribution < 1.29 is 4.42 Å². The lowest BCUT2D eigenvalue weighted by Gasteiger charge is -2.29. The maximum Gasteiger partial charge on any atom is 0.136 e. The van der Waals surface area contributed by atoms with Crippen LogP contribution in [0.3, 0.4) is 0 Å². The van der Waals surface area contributed by atoms with Crippen molar-refractivity contribution >= 4 is 60.8 Å². The van der Waals surface area contributed by atoms with Crippen molar-refractivity contribution in [2.45, 2.75) is 0 Å². The topological polar surface area (TPSA) is 21.3 Å². The van der Waals surface area contributed by atoms with Gasteiger partial charge < -0.3 is 13.9 Å². The Bertz CT molecular complexity index is 3560. The predicted octanol–water partition coefficient (Wildman–Crippen LogP) is 16.8. The second kappa shape index (κ2) is 15.3. The molecule has 0 aliphatic heterocycles. The SMILES string of the molecule is c1ccc(-c2ccccc2-c2ccccc2N(c2ccc(-c3ccccc3-n3c4ccccc4c4ccccc43)cc2)c2ccc(-c3cccc4oc5ccccc5c34)cc2)cc1. The zero-order valence-electron chi connectivity index (χ0n) is 34.4. The van der Waals surface area contributed by atoms with Crippen LogP contribution in [0.5, 0.6) is 0 Å². The van der Waals surface area contributed by atoms with Crippen LogP contribution in [0.2, 0.25) is 0 Å². The monoisotopic (exact) mass is 804 g/mol. The summed E-state index contributed by atoms with van der Waals surface area (Å²) in [4.78, 5) is 2.40. The van der Waals surface area contributed by atoms with Crippen LogP contribution >= 0.6 is 0 Å². The molecule has 0 radical (unpaired) electrons. The minimum absolute atomic E-state index is 0.894. The molecule has 296 valence electrons. The predicted molar refractivity (Wildman–Crippen MR) is 264 cm³/mol. The third kappa shape index (κ3) is 6.21. The number of aromatic nitrogens is 1. The van der Waals surface area contributed by atoms with Crippen LogP contribution in [0.1, 0.15) is 0 Å². The molecule has 0 bridgehead atoms. The van der Waals surface area contributed by atoms with Gasteiger partial charge in [0.15, 0.2) is 0 Å². The van der Waals surface area contributed by atoms with Crippen molar-refractivity contribution in [3.63, 3.8) is 0 Å². The van der Waals surface area contributed by atoms with E-state index >= 15 is 0 Å². The molecule has 63 heavy (non-hydrogen) atoms. The molecule has 3 heteroatoms. The molecule has 2 heterocycles. The van der Waals surface area contributed by atoms with Gasteiger partial charge in [-0.25, -0.2) is 0 Å². The summed E-state index contributed by atoms with van der Waals surface area (Å²) >= 11 is 0. The van der Waals surface area contributed by atoms with Crippen LogP contribution < -0.4 is 4.90 Å². The van der Waals surface area contributed by atoms with Crippen LogP contribution in [0.4, 0.5) is 17.1 Å². The Labute approximate surface area is 366 Å². The number of nitrogens with zero attached hydrogens (tertiary/aromatic N) is 2. The molecule has 0 amide bonds. The first-order valence-corrected chi connectivity index (χ1v) is 21.5. The Morgan fingerprint density at radius 2 is 0.778 bits per heavy atom. The summed E-state index contributed by atoms with van der Waals surface area (Å²) in [5.41, 5.74) is 17.9. The lowest BCUT2D eigenvalue weighted by molar-refractivity contribution is 0.669. The van der Waals surface area contributed by atoms with E-state index in [9.17, 15) is 0 Å². The summed E-state index contributed by atoms with van der Waals surface area (Å²) in [6.07, 6.45) is 0. The number of hydrogen-bond donors (Lipinski definition) is 0. The Hall–Kier alpha value is -8.40. The third-order valence-electron chi connectivity index (χ3n) is 12.4. The van der Waals surface area contributed by atoms with Crippen LogP contribution in [0.25, 0.3) is 93.9 Å². The minimum atomic E-state index is 0.894. The highest BCUT2D eigenvalue weighted by atomic mass is 16.3. The minimum Gasteiger partial charge on any atom is -0.456 e. The van der Waals surface area contributed by atoms with Gasteiger partial charge in [-0.15, -0.1) is 0 Å². The highest BCUT2D eigenvalue weighted by Gasteiger charge is 2.21. The third-order valence-corrected chi connectivity index (χ3v) is 12.4. The number of furan rings is 1. The maximum absolute atomic E-state index is 6.29. The van der Waals surface area contributed by atoms with Gasteiger partial charge in [0, 0.05) is 44.0 Å². The number of fused-ring (bicyclic) bond motifs is 6. The molecule has 12 aromatic rings. The van der Waals surface area contributed by atoms with Crippen LogP contribution in [0.15, 0.2) is 247 Å². The normalized spacial score (nSPS) is 11.5. The number of para-hydroxylation sites is 5. The van der Waals surface area contributed by atoms with Crippen LogP contribution in [-0.2, 0) is 0 Å². The molecule has 0 unspecified atom stereocenters. The van der Waals surface area contributed by atoms with Crippen molar-refractivity contribution in [1.29, 1.82) is 0 Å². The van der Waals surface area contributed by atoms with E-state index in [4.69, 9.17) is 4.42 Å². The van der Waals surface area contributed by atoms with Gasteiger partial charge in [0.05, 0.1) is 22.4 Å². The molecule has 2 aromatic heterocycles. The summed E-state index contributed by atoms with van der Waals surface area (Å²) in [6, 6.07) is 87.1. The largest absolute Gasteiger partial charge is 0.456 e. The lowest BCUT2D eigenvalue weighted by atomic mass is 9.93. The first kappa shape index (κ1) is 36.5. The quantitative estimate of drug-likeness (QED) is 0.153. The first-order valence-electron chi connectivity index (χ1n) is 21.5. The second-order valence-electron chi connectivity index (χ2n) is 16.0. The van der Waals surface area contributed by atoms with Gasteiger partial charge in [-0.2, -0.15) is 0 Å². The van der Waals surface area contributed by atoms with E-state index in [1.165, 1.54) is 44.1 Å². The van der Waals surface area contributed by atoms with E-state index in [-0.39, 0.29) is 0 Å². The summed E-state index contributed by atoms with van der Waals surface area (Å²) in [5, 5.41) is 4.77. The van der Waals surface area contributed by atoms with Crippen LogP contribution in [-0.4, -0.2) is 4.57 Å². The highest BCUT2D eigenvalue weighted by molar-refractivity contribution is 6.13. The molecular formula is C60H40N2O. The fraction of sp³-hybridized carbons (Fsp3) is 0. The zero-order chi connectivity index (χ0) is 41.7. The smallest absolute Gasteiger partial charge is 0.136 e. The second-order valence-corrected chi connectivity index (χ2v) is 16.0. The maximum atomic E-state index is 6.29. The van der Waals surface area contributed by atoms with Gasteiger partial charge in [0.2, 0.25) is 0 Å². The van der Waals surface area contributed by atoms with Gasteiger partial charge >= 0.3 is 0 Å².